The molecule has 0 fully saturated rings. The average Bonchev–Trinajstić information content (AvgIpc) is 2.80. The standard InChI is InChI=1S/C12H13F3N2OS.ClH/c13-12(14,15)19-4-3-17-11(18)8-1-2-9-6-16-7-10(9)5-8;/h1-2,5,16H,3-4,6-7H2,(H,17,18);1H. The number of alkyl halides is 3. The van der Waals surface area contributed by atoms with Gasteiger partial charge in [0.2, 0.25) is 0 Å². The molecule has 2 N–H and O–H groups in total. The van der Waals surface area contributed by atoms with Crippen LogP contribution < -0.4 is 10.6 Å². The number of carbonyl (C=O) groups excluding carboxylic acids is 1. The Labute approximate surface area is 125 Å². The van der Waals surface area contributed by atoms with E-state index in [4.69, 9.17) is 0 Å². The highest BCUT2D eigenvalue weighted by atomic mass is 35.5. The molecule has 1 amide bonds. The Morgan fingerprint density at radius 1 is 1.30 bits per heavy atom. The molecule has 0 saturated heterocycles. The van der Waals surface area contributed by atoms with Gasteiger partial charge in [-0.1, -0.05) is 6.07 Å². The number of hydrogen-bond donors (Lipinski definition) is 2. The minimum atomic E-state index is -4.25. The van der Waals surface area contributed by atoms with Crippen molar-refractivity contribution in [2.75, 3.05) is 12.3 Å². The predicted molar refractivity (Wildman–Crippen MR) is 75.1 cm³/mol. The van der Waals surface area contributed by atoms with Crippen LogP contribution in [0.1, 0.15) is 21.5 Å². The van der Waals surface area contributed by atoms with Crippen molar-refractivity contribution in [1.29, 1.82) is 0 Å². The molecular weight excluding hydrogens is 313 g/mol. The molecule has 1 aromatic rings. The van der Waals surface area contributed by atoms with Gasteiger partial charge in [0, 0.05) is 31.0 Å². The van der Waals surface area contributed by atoms with Crippen molar-refractivity contribution in [3.63, 3.8) is 0 Å². The molecule has 1 heterocycles. The van der Waals surface area contributed by atoms with Gasteiger partial charge >= 0.3 is 5.51 Å². The summed E-state index contributed by atoms with van der Waals surface area (Å²) in [5, 5.41) is 5.65. The smallest absolute Gasteiger partial charge is 0.351 e. The van der Waals surface area contributed by atoms with E-state index in [1.165, 1.54) is 0 Å². The summed E-state index contributed by atoms with van der Waals surface area (Å²) in [7, 11) is 0. The molecule has 112 valence electrons. The topological polar surface area (TPSA) is 41.1 Å². The largest absolute Gasteiger partial charge is 0.441 e. The molecule has 0 saturated carbocycles. The molecule has 3 nitrogen and oxygen atoms in total. The van der Waals surface area contributed by atoms with E-state index < -0.39 is 5.51 Å². The second-order valence-corrected chi connectivity index (χ2v) is 5.30. The van der Waals surface area contributed by atoms with Crippen molar-refractivity contribution in [3.05, 3.63) is 34.9 Å². The van der Waals surface area contributed by atoms with Crippen LogP contribution in [0.3, 0.4) is 0 Å². The van der Waals surface area contributed by atoms with Crippen LogP contribution in [0, 0.1) is 0 Å². The van der Waals surface area contributed by atoms with Gasteiger partial charge in [0.1, 0.15) is 0 Å². The fourth-order valence-electron chi connectivity index (χ4n) is 1.87. The van der Waals surface area contributed by atoms with E-state index in [2.05, 4.69) is 10.6 Å². The van der Waals surface area contributed by atoms with E-state index in [9.17, 15) is 18.0 Å². The molecule has 0 aliphatic carbocycles. The summed E-state index contributed by atoms with van der Waals surface area (Å²) < 4.78 is 35.7. The Balaban J connectivity index is 0.00000200. The van der Waals surface area contributed by atoms with Crippen LogP contribution in [-0.4, -0.2) is 23.7 Å². The zero-order valence-electron chi connectivity index (χ0n) is 10.4. The van der Waals surface area contributed by atoms with Crippen LogP contribution in [0.2, 0.25) is 0 Å². The van der Waals surface area contributed by atoms with Gasteiger partial charge in [-0.15, -0.1) is 12.4 Å². The normalized spacial score (nSPS) is 13.6. The highest BCUT2D eigenvalue weighted by Gasteiger charge is 2.27. The Hall–Kier alpha value is -0.920. The molecule has 0 bridgehead atoms. The number of thioether (sulfide) groups is 1. The molecule has 1 aromatic carbocycles. The van der Waals surface area contributed by atoms with E-state index in [0.29, 0.717) is 5.56 Å². The van der Waals surface area contributed by atoms with Crippen LogP contribution >= 0.6 is 24.2 Å². The lowest BCUT2D eigenvalue weighted by atomic mass is 10.1. The van der Waals surface area contributed by atoms with Crippen LogP contribution in [0.4, 0.5) is 13.2 Å². The van der Waals surface area contributed by atoms with Crippen molar-refractivity contribution in [2.45, 2.75) is 18.6 Å². The zero-order valence-corrected chi connectivity index (χ0v) is 12.1. The molecule has 0 spiro atoms. The van der Waals surface area contributed by atoms with Gasteiger partial charge < -0.3 is 10.6 Å². The Bertz CT molecular complexity index is 482. The first-order chi connectivity index (χ1) is 8.96. The number of benzene rings is 1. The second kappa shape index (κ2) is 7.19. The fourth-order valence-corrected chi connectivity index (χ4v) is 2.30. The first kappa shape index (κ1) is 17.1. The molecule has 20 heavy (non-hydrogen) atoms. The van der Waals surface area contributed by atoms with Crippen LogP contribution in [0.15, 0.2) is 18.2 Å². The van der Waals surface area contributed by atoms with Gasteiger partial charge in [-0.25, -0.2) is 0 Å². The van der Waals surface area contributed by atoms with E-state index >= 15 is 0 Å². The predicted octanol–water partition coefficient (Wildman–Crippen LogP) is 2.69. The van der Waals surface area contributed by atoms with Crippen molar-refractivity contribution < 1.29 is 18.0 Å². The monoisotopic (exact) mass is 326 g/mol. The van der Waals surface area contributed by atoms with Crippen LogP contribution in [0.5, 0.6) is 0 Å². The lowest BCUT2D eigenvalue weighted by molar-refractivity contribution is -0.0327. The molecule has 0 aromatic heterocycles. The summed E-state index contributed by atoms with van der Waals surface area (Å²) >= 11 is -0.134. The quantitative estimate of drug-likeness (QED) is 0.836. The van der Waals surface area contributed by atoms with Crippen molar-refractivity contribution in [3.8, 4) is 0 Å². The molecule has 0 radical (unpaired) electrons. The third-order valence-corrected chi connectivity index (χ3v) is 3.49. The Morgan fingerprint density at radius 3 is 2.70 bits per heavy atom. The van der Waals surface area contributed by atoms with Gasteiger partial charge in [-0.2, -0.15) is 13.2 Å². The summed E-state index contributed by atoms with van der Waals surface area (Å²) in [6, 6.07) is 5.34. The maximum Gasteiger partial charge on any atom is 0.441 e. The van der Waals surface area contributed by atoms with E-state index in [1.54, 1.807) is 12.1 Å². The maximum atomic E-state index is 11.9. The van der Waals surface area contributed by atoms with Gasteiger partial charge in [0.15, 0.2) is 0 Å². The van der Waals surface area contributed by atoms with Crippen LogP contribution in [-0.2, 0) is 13.1 Å². The number of carbonyl (C=O) groups is 1. The molecular formula is C12H14ClF3N2OS. The number of nitrogens with one attached hydrogen (secondary N) is 2. The van der Waals surface area contributed by atoms with E-state index in [0.717, 1.165) is 24.2 Å². The third-order valence-electron chi connectivity index (χ3n) is 2.75. The molecule has 0 atom stereocenters. The summed E-state index contributed by atoms with van der Waals surface area (Å²) in [4.78, 5) is 11.7. The van der Waals surface area contributed by atoms with Crippen molar-refractivity contribution in [2.24, 2.45) is 0 Å². The maximum absolute atomic E-state index is 11.9. The summed E-state index contributed by atoms with van der Waals surface area (Å²) in [6.07, 6.45) is 0. The SMILES string of the molecule is Cl.O=C(NCCSC(F)(F)F)c1ccc2c(c1)CNC2. The average molecular weight is 327 g/mol. The summed E-state index contributed by atoms with van der Waals surface area (Å²) in [5.41, 5.74) is -1.54. The molecule has 1 aliphatic heterocycles. The summed E-state index contributed by atoms with van der Waals surface area (Å²) in [5.74, 6) is -0.515. The van der Waals surface area contributed by atoms with Gasteiger partial charge in [0.25, 0.3) is 5.91 Å². The Morgan fingerprint density at radius 2 is 2.00 bits per heavy atom. The third kappa shape index (κ3) is 4.88. The van der Waals surface area contributed by atoms with Crippen molar-refractivity contribution in [1.82, 2.24) is 10.6 Å². The number of amides is 1. The molecule has 2 rings (SSSR count). The minimum absolute atomic E-state index is 0. The first-order valence-corrected chi connectivity index (χ1v) is 6.76. The van der Waals surface area contributed by atoms with E-state index in [1.807, 2.05) is 6.07 Å². The number of fused-ring (bicyclic) bond motifs is 1. The molecule has 0 unspecified atom stereocenters. The lowest BCUT2D eigenvalue weighted by Crippen LogP contribution is -2.26. The van der Waals surface area contributed by atoms with Gasteiger partial charge in [-0.3, -0.25) is 4.79 Å². The fraction of sp³-hybridized carbons (Fsp3) is 0.417. The molecule has 1 aliphatic rings. The minimum Gasteiger partial charge on any atom is -0.351 e. The molecule has 8 heteroatoms. The lowest BCUT2D eigenvalue weighted by Gasteiger charge is -2.08. The van der Waals surface area contributed by atoms with Gasteiger partial charge in [-0.05, 0) is 35.0 Å². The second-order valence-electron chi connectivity index (χ2n) is 4.14. The van der Waals surface area contributed by atoms with E-state index in [-0.39, 0.29) is 42.4 Å². The van der Waals surface area contributed by atoms with Crippen LogP contribution in [0.25, 0.3) is 0 Å². The van der Waals surface area contributed by atoms with Crippen molar-refractivity contribution >= 4 is 30.1 Å². The summed E-state index contributed by atoms with van der Waals surface area (Å²) in [6.45, 7) is 1.51. The highest BCUT2D eigenvalue weighted by Crippen LogP contribution is 2.29. The zero-order chi connectivity index (χ0) is 13.9. The number of halogens is 4. The highest BCUT2D eigenvalue weighted by molar-refractivity contribution is 8.00. The number of hydrogen-bond acceptors (Lipinski definition) is 3. The Kier molecular flexibility index (Phi) is 6.16. The van der Waals surface area contributed by atoms with Gasteiger partial charge in [0.05, 0.1) is 0 Å². The first-order valence-electron chi connectivity index (χ1n) is 5.77. The number of rotatable bonds is 4.